The van der Waals surface area contributed by atoms with E-state index in [1.807, 2.05) is 29.1 Å². The number of fused-ring (bicyclic) bond motifs is 2. The number of carbonyl (C=O) groups excluding carboxylic acids is 3. The number of carbonyl (C=O) groups is 3. The molecule has 2 aromatic carbocycles. The number of aromatic nitrogens is 5. The van der Waals surface area contributed by atoms with Crippen molar-refractivity contribution in [2.45, 2.75) is 75.4 Å². The summed E-state index contributed by atoms with van der Waals surface area (Å²) in [6.45, 7) is 2.33. The number of imidazole rings is 1. The van der Waals surface area contributed by atoms with E-state index in [2.05, 4.69) is 32.5 Å². The number of likely N-dealkylation sites (N-methyl/N-ethyl adjacent to an activating group) is 1. The van der Waals surface area contributed by atoms with Gasteiger partial charge in [-0.25, -0.2) is 9.78 Å². The SMILES string of the molecule is CO[C@H]1CN(c2cccc3c2n(C)c(=O)n3C2CCC(=O)NC2=O)CC[C@@H]1N(C)C[C@H]1CC[C@H](n2cc3cc(NC(=O)c4cccc(C(F)(F)F)n4)ccc3n2)CC1. The molecule has 1 unspecified atom stereocenters. The van der Waals surface area contributed by atoms with Gasteiger partial charge in [0.1, 0.15) is 17.4 Å². The van der Waals surface area contributed by atoms with Gasteiger partial charge in [0.05, 0.1) is 34.4 Å². The van der Waals surface area contributed by atoms with Crippen LogP contribution in [0.1, 0.15) is 73.2 Å². The van der Waals surface area contributed by atoms with Gasteiger partial charge in [-0.15, -0.1) is 0 Å². The molecule has 306 valence electrons. The predicted molar refractivity (Wildman–Crippen MR) is 211 cm³/mol. The van der Waals surface area contributed by atoms with Crippen molar-refractivity contribution in [3.05, 3.63) is 82.7 Å². The van der Waals surface area contributed by atoms with Crippen LogP contribution in [0.2, 0.25) is 0 Å². The number of para-hydroxylation sites is 1. The number of anilines is 2. The average Bonchev–Trinajstić information content (AvgIpc) is 3.75. The number of halogens is 3. The molecule has 8 rings (SSSR count). The lowest BCUT2D eigenvalue weighted by Crippen LogP contribution is -2.55. The number of ether oxygens (including phenoxy) is 1. The fourth-order valence-corrected chi connectivity index (χ4v) is 9.12. The predicted octanol–water partition coefficient (Wildman–Crippen LogP) is 5.29. The van der Waals surface area contributed by atoms with Crippen LogP contribution in [0.15, 0.2) is 65.6 Å². The number of nitrogens with one attached hydrogen (secondary N) is 2. The van der Waals surface area contributed by atoms with Crippen LogP contribution in [0, 0.1) is 5.92 Å². The second kappa shape index (κ2) is 15.7. The summed E-state index contributed by atoms with van der Waals surface area (Å²) in [5, 5.41) is 10.7. The molecule has 0 radical (unpaired) electrons. The highest BCUT2D eigenvalue weighted by atomic mass is 19.4. The molecule has 3 fully saturated rings. The first-order valence-corrected chi connectivity index (χ1v) is 19.6. The van der Waals surface area contributed by atoms with Crippen molar-refractivity contribution in [2.75, 3.05) is 44.0 Å². The Kier molecular flexibility index (Phi) is 10.6. The number of benzene rings is 2. The van der Waals surface area contributed by atoms with E-state index in [-0.39, 0.29) is 48.3 Å². The van der Waals surface area contributed by atoms with Crippen LogP contribution in [-0.2, 0) is 27.5 Å². The maximum atomic E-state index is 13.5. The molecule has 3 amide bonds. The Morgan fingerprint density at radius 2 is 1.79 bits per heavy atom. The summed E-state index contributed by atoms with van der Waals surface area (Å²) < 4.78 is 50.5. The first-order valence-electron chi connectivity index (χ1n) is 19.6. The Morgan fingerprint density at radius 1 is 1.02 bits per heavy atom. The van der Waals surface area contributed by atoms with Crippen molar-refractivity contribution in [1.82, 2.24) is 34.1 Å². The summed E-state index contributed by atoms with van der Waals surface area (Å²) in [5.41, 5.74) is 1.78. The Bertz CT molecular complexity index is 2430. The monoisotopic (exact) mass is 801 g/mol. The number of nitrogens with zero attached hydrogens (tertiary/aromatic N) is 7. The van der Waals surface area contributed by atoms with Crippen LogP contribution < -0.4 is 21.2 Å². The molecule has 3 atom stereocenters. The van der Waals surface area contributed by atoms with Crippen molar-refractivity contribution in [3.8, 4) is 0 Å². The topological polar surface area (TPSA) is 149 Å². The van der Waals surface area contributed by atoms with Crippen molar-refractivity contribution in [3.63, 3.8) is 0 Å². The summed E-state index contributed by atoms with van der Waals surface area (Å²) >= 11 is 0. The molecule has 5 heterocycles. The first kappa shape index (κ1) is 39.3. The molecule has 58 heavy (non-hydrogen) atoms. The smallest absolute Gasteiger partial charge is 0.378 e. The van der Waals surface area contributed by atoms with E-state index in [0.717, 1.165) is 79.4 Å². The fraction of sp³-hybridized carbons (Fsp3) is 0.463. The molecule has 2 aliphatic heterocycles. The van der Waals surface area contributed by atoms with Gasteiger partial charge in [0.25, 0.3) is 5.91 Å². The van der Waals surface area contributed by atoms with Crippen LogP contribution in [0.3, 0.4) is 0 Å². The maximum absolute atomic E-state index is 13.5. The largest absolute Gasteiger partial charge is 0.433 e. The van der Waals surface area contributed by atoms with Crippen molar-refractivity contribution in [1.29, 1.82) is 0 Å². The van der Waals surface area contributed by atoms with Crippen LogP contribution >= 0.6 is 0 Å². The Labute approximate surface area is 331 Å². The Morgan fingerprint density at radius 3 is 2.53 bits per heavy atom. The third-order valence-electron chi connectivity index (χ3n) is 12.1. The first-order chi connectivity index (χ1) is 27.8. The molecule has 2 saturated heterocycles. The third-order valence-corrected chi connectivity index (χ3v) is 12.1. The highest BCUT2D eigenvalue weighted by Crippen LogP contribution is 2.36. The van der Waals surface area contributed by atoms with Gasteiger partial charge >= 0.3 is 11.9 Å². The third kappa shape index (κ3) is 7.59. The molecule has 2 N–H and O–H groups in total. The second-order valence-corrected chi connectivity index (χ2v) is 15.8. The molecule has 3 aromatic heterocycles. The maximum Gasteiger partial charge on any atom is 0.433 e. The zero-order valence-electron chi connectivity index (χ0n) is 32.5. The number of hydrogen-bond acceptors (Lipinski definition) is 9. The van der Waals surface area contributed by atoms with E-state index in [1.54, 1.807) is 36.9 Å². The lowest BCUT2D eigenvalue weighted by Gasteiger charge is -2.44. The number of rotatable bonds is 9. The van der Waals surface area contributed by atoms with Crippen molar-refractivity contribution in [2.24, 2.45) is 13.0 Å². The molecule has 1 saturated carbocycles. The average molecular weight is 802 g/mol. The van der Waals surface area contributed by atoms with E-state index in [4.69, 9.17) is 9.84 Å². The standard InChI is InChI=1S/C41H46F3N9O5/c1-49(30-18-19-51(23-34(30)58-3)31-7-5-8-32-37(31)50(2)40(57)53(32)33-16-17-36(54)47-39(33)56)21-24-10-13-27(14-11-24)52-22-25-20-26(12-15-28(25)48-52)45-38(55)29-6-4-9-35(46-29)41(42,43)44/h4-9,12,15,20,22,24,27,30,33-34H,10-11,13-14,16-19,21,23H2,1-3H3,(H,45,55)(H,47,54,56)/t24-,27-,30-,33?,34-/m0/s1. The number of pyridine rings is 1. The number of amides is 3. The number of imide groups is 1. The van der Waals surface area contributed by atoms with Gasteiger partial charge in [0, 0.05) is 63.5 Å². The minimum atomic E-state index is -4.65. The molecule has 0 spiro atoms. The molecular weight excluding hydrogens is 756 g/mol. The second-order valence-electron chi connectivity index (χ2n) is 15.8. The number of methoxy groups -OCH3 is 1. The van der Waals surface area contributed by atoms with Crippen molar-refractivity contribution >= 4 is 51.0 Å². The summed E-state index contributed by atoms with van der Waals surface area (Å²) in [5.74, 6) is -1.01. The number of piperidine rings is 2. The van der Waals surface area contributed by atoms with Gasteiger partial charge in [0.2, 0.25) is 11.8 Å². The molecule has 5 aromatic rings. The summed E-state index contributed by atoms with van der Waals surface area (Å²) in [6, 6.07) is 13.9. The number of hydrogen-bond donors (Lipinski definition) is 2. The number of alkyl halides is 3. The van der Waals surface area contributed by atoms with Crippen LogP contribution in [0.4, 0.5) is 24.5 Å². The fourth-order valence-electron chi connectivity index (χ4n) is 9.12. The Hall–Kier alpha value is -5.55. The van der Waals surface area contributed by atoms with Gasteiger partial charge in [0.15, 0.2) is 0 Å². The molecule has 1 aliphatic carbocycles. The molecule has 14 nitrogen and oxygen atoms in total. The Balaban J connectivity index is 0.875. The van der Waals surface area contributed by atoms with Gasteiger partial charge in [-0.3, -0.25) is 33.5 Å². The van der Waals surface area contributed by atoms with Gasteiger partial charge in [-0.1, -0.05) is 12.1 Å². The summed E-state index contributed by atoms with van der Waals surface area (Å²) in [4.78, 5) is 59.0. The van der Waals surface area contributed by atoms with E-state index >= 15 is 0 Å². The zero-order chi connectivity index (χ0) is 40.9. The lowest BCUT2D eigenvalue weighted by atomic mass is 9.85. The van der Waals surface area contributed by atoms with E-state index < -0.39 is 29.7 Å². The molecule has 17 heteroatoms. The number of aryl methyl sites for hydroxylation is 1. The van der Waals surface area contributed by atoms with E-state index in [0.29, 0.717) is 23.7 Å². The van der Waals surface area contributed by atoms with E-state index in [1.165, 1.54) is 10.6 Å². The lowest BCUT2D eigenvalue weighted by molar-refractivity contribution is -0.141. The van der Waals surface area contributed by atoms with Gasteiger partial charge < -0.3 is 19.9 Å². The molecular formula is C41H46F3N9O5. The quantitative estimate of drug-likeness (QED) is 0.190. The summed E-state index contributed by atoms with van der Waals surface area (Å²) in [6.07, 6.45) is 2.56. The van der Waals surface area contributed by atoms with Crippen LogP contribution in [-0.4, -0.2) is 92.5 Å². The molecule has 3 aliphatic rings. The molecule has 0 bridgehead atoms. The zero-order valence-corrected chi connectivity index (χ0v) is 32.5. The van der Waals surface area contributed by atoms with Gasteiger partial charge in [-0.2, -0.15) is 18.3 Å². The van der Waals surface area contributed by atoms with Crippen LogP contribution in [0.5, 0.6) is 0 Å². The summed E-state index contributed by atoms with van der Waals surface area (Å²) in [7, 11) is 5.64. The minimum absolute atomic E-state index is 0.0768. The van der Waals surface area contributed by atoms with E-state index in [9.17, 15) is 32.3 Å². The highest BCUT2D eigenvalue weighted by molar-refractivity contribution is 6.04. The van der Waals surface area contributed by atoms with Crippen molar-refractivity contribution < 1.29 is 32.3 Å². The van der Waals surface area contributed by atoms with Gasteiger partial charge in [-0.05, 0) is 94.0 Å². The highest BCUT2D eigenvalue weighted by Gasteiger charge is 2.37. The van der Waals surface area contributed by atoms with Crippen LogP contribution in [0.25, 0.3) is 21.9 Å². The normalized spacial score (nSPS) is 23.2. The minimum Gasteiger partial charge on any atom is -0.378 e.